The van der Waals surface area contributed by atoms with Gasteiger partial charge >= 0.3 is 12.3 Å². The number of carbonyl (C=O) groups excluding carboxylic acids is 1. The molecule has 0 aliphatic rings. The molecule has 1 aromatic heterocycles. The lowest BCUT2D eigenvalue weighted by molar-refractivity contribution is -0.274. The molecule has 2 rings (SSSR count). The molecule has 9 heteroatoms. The maximum absolute atomic E-state index is 12.1. The highest BCUT2D eigenvalue weighted by Crippen LogP contribution is 2.26. The molecule has 0 bridgehead atoms. The SMILES string of the molecule is COC(=O)C[C@H](C)c1nc(-c2ccc(OC(F)(F)F)cc2)no1. The summed E-state index contributed by atoms with van der Waals surface area (Å²) in [6, 6.07) is 5.05. The topological polar surface area (TPSA) is 74.5 Å². The molecule has 2 aromatic rings. The van der Waals surface area contributed by atoms with Gasteiger partial charge in [0.1, 0.15) is 5.75 Å². The number of aromatic nitrogens is 2. The Morgan fingerprint density at radius 1 is 1.30 bits per heavy atom. The number of esters is 1. The maximum atomic E-state index is 12.1. The molecule has 1 aromatic carbocycles. The summed E-state index contributed by atoms with van der Waals surface area (Å²) in [5, 5.41) is 3.74. The number of carbonyl (C=O) groups is 1. The van der Waals surface area contributed by atoms with Crippen LogP contribution in [0, 0.1) is 0 Å². The van der Waals surface area contributed by atoms with Gasteiger partial charge < -0.3 is 14.0 Å². The van der Waals surface area contributed by atoms with Gasteiger partial charge in [0.15, 0.2) is 0 Å². The van der Waals surface area contributed by atoms with Crippen molar-refractivity contribution in [2.45, 2.75) is 25.6 Å². The van der Waals surface area contributed by atoms with E-state index in [0.717, 1.165) is 12.1 Å². The molecular formula is C14H13F3N2O4. The van der Waals surface area contributed by atoms with Crippen molar-refractivity contribution in [3.05, 3.63) is 30.2 Å². The Morgan fingerprint density at radius 2 is 1.96 bits per heavy atom. The summed E-state index contributed by atoms with van der Waals surface area (Å²) in [5.74, 6) is -0.650. The van der Waals surface area contributed by atoms with Gasteiger partial charge in [-0.3, -0.25) is 4.79 Å². The molecule has 1 atom stereocenters. The smallest absolute Gasteiger partial charge is 0.469 e. The van der Waals surface area contributed by atoms with Crippen molar-refractivity contribution in [1.29, 1.82) is 0 Å². The third-order valence-electron chi connectivity index (χ3n) is 2.91. The van der Waals surface area contributed by atoms with Crippen LogP contribution in [-0.2, 0) is 9.53 Å². The number of halogens is 3. The standard InChI is InChI=1S/C14H13F3N2O4/c1-8(7-11(20)21-2)13-18-12(19-23-13)9-3-5-10(6-4-9)22-14(15,16)17/h3-6,8H,7H2,1-2H3/t8-/m0/s1. The molecule has 0 saturated carbocycles. The van der Waals surface area contributed by atoms with Crippen molar-refractivity contribution < 1.29 is 32.0 Å². The fraction of sp³-hybridized carbons (Fsp3) is 0.357. The Hall–Kier alpha value is -2.58. The van der Waals surface area contributed by atoms with Gasteiger partial charge in [0.05, 0.1) is 13.5 Å². The first kappa shape index (κ1) is 16.8. The summed E-state index contributed by atoms with van der Waals surface area (Å²) in [4.78, 5) is 15.3. The van der Waals surface area contributed by atoms with E-state index in [0.29, 0.717) is 5.56 Å². The summed E-state index contributed by atoms with van der Waals surface area (Å²) >= 11 is 0. The second-order valence-electron chi connectivity index (χ2n) is 4.71. The minimum Gasteiger partial charge on any atom is -0.469 e. The molecule has 0 amide bonds. The van der Waals surface area contributed by atoms with Crippen molar-refractivity contribution in [3.8, 4) is 17.1 Å². The van der Waals surface area contributed by atoms with E-state index in [9.17, 15) is 18.0 Å². The third kappa shape index (κ3) is 4.70. The number of hydrogen-bond acceptors (Lipinski definition) is 6. The molecule has 1 heterocycles. The van der Waals surface area contributed by atoms with Crippen LogP contribution in [0.4, 0.5) is 13.2 Å². The highest BCUT2D eigenvalue weighted by Gasteiger charge is 2.31. The van der Waals surface area contributed by atoms with Gasteiger partial charge in [-0.1, -0.05) is 12.1 Å². The quantitative estimate of drug-likeness (QED) is 0.783. The third-order valence-corrected chi connectivity index (χ3v) is 2.91. The van der Waals surface area contributed by atoms with Gasteiger partial charge in [0, 0.05) is 11.5 Å². The average Bonchev–Trinajstić information content (AvgIpc) is 2.96. The highest BCUT2D eigenvalue weighted by molar-refractivity contribution is 5.70. The molecule has 0 radical (unpaired) electrons. The monoisotopic (exact) mass is 330 g/mol. The van der Waals surface area contributed by atoms with Crippen molar-refractivity contribution in [2.24, 2.45) is 0 Å². The number of nitrogens with zero attached hydrogens (tertiary/aromatic N) is 2. The van der Waals surface area contributed by atoms with Crippen LogP contribution >= 0.6 is 0 Å². The summed E-state index contributed by atoms with van der Waals surface area (Å²) in [6.07, 6.45) is -4.67. The summed E-state index contributed by atoms with van der Waals surface area (Å²) in [6.45, 7) is 1.72. The largest absolute Gasteiger partial charge is 0.573 e. The minimum atomic E-state index is -4.75. The molecule has 0 saturated heterocycles. The average molecular weight is 330 g/mol. The Kier molecular flexibility index (Phi) is 4.87. The normalized spacial score (nSPS) is 12.7. The Bertz CT molecular complexity index is 667. The van der Waals surface area contributed by atoms with Crippen LogP contribution < -0.4 is 4.74 Å². The van der Waals surface area contributed by atoms with Gasteiger partial charge in [-0.25, -0.2) is 0 Å². The van der Waals surface area contributed by atoms with E-state index >= 15 is 0 Å². The number of rotatable bonds is 5. The predicted octanol–water partition coefficient (Wildman–Crippen LogP) is 3.30. The lowest BCUT2D eigenvalue weighted by atomic mass is 10.1. The van der Waals surface area contributed by atoms with Crippen molar-refractivity contribution in [1.82, 2.24) is 10.1 Å². The first-order chi connectivity index (χ1) is 10.8. The molecule has 6 nitrogen and oxygen atoms in total. The van der Waals surface area contributed by atoms with Crippen LogP contribution in [0.1, 0.15) is 25.2 Å². The van der Waals surface area contributed by atoms with E-state index in [2.05, 4.69) is 19.6 Å². The van der Waals surface area contributed by atoms with E-state index in [1.807, 2.05) is 0 Å². The number of alkyl halides is 3. The summed E-state index contributed by atoms with van der Waals surface area (Å²) in [7, 11) is 1.28. The fourth-order valence-corrected chi connectivity index (χ4v) is 1.78. The van der Waals surface area contributed by atoms with Crippen molar-refractivity contribution >= 4 is 5.97 Å². The Morgan fingerprint density at radius 3 is 2.52 bits per heavy atom. The van der Waals surface area contributed by atoms with E-state index in [4.69, 9.17) is 4.52 Å². The van der Waals surface area contributed by atoms with E-state index < -0.39 is 12.3 Å². The van der Waals surface area contributed by atoms with Crippen LogP contribution in [-0.4, -0.2) is 29.6 Å². The zero-order valence-electron chi connectivity index (χ0n) is 12.3. The van der Waals surface area contributed by atoms with Crippen LogP contribution in [0.25, 0.3) is 11.4 Å². The fourth-order valence-electron chi connectivity index (χ4n) is 1.78. The van der Waals surface area contributed by atoms with Crippen LogP contribution in [0.2, 0.25) is 0 Å². The molecule has 0 spiro atoms. The second-order valence-corrected chi connectivity index (χ2v) is 4.71. The molecule has 0 unspecified atom stereocenters. The summed E-state index contributed by atoms with van der Waals surface area (Å²) < 4.78 is 49.7. The highest BCUT2D eigenvalue weighted by atomic mass is 19.4. The van der Waals surface area contributed by atoms with Crippen LogP contribution in [0.5, 0.6) is 5.75 Å². The van der Waals surface area contributed by atoms with Crippen LogP contribution in [0.3, 0.4) is 0 Å². The lowest BCUT2D eigenvalue weighted by Gasteiger charge is -2.08. The molecule has 0 N–H and O–H groups in total. The molecular weight excluding hydrogens is 317 g/mol. The number of methoxy groups -OCH3 is 1. The first-order valence-corrected chi connectivity index (χ1v) is 6.55. The zero-order chi connectivity index (χ0) is 17.0. The molecule has 124 valence electrons. The predicted molar refractivity (Wildman–Crippen MR) is 71.5 cm³/mol. The van der Waals surface area contributed by atoms with Gasteiger partial charge in [0.25, 0.3) is 0 Å². The van der Waals surface area contributed by atoms with Crippen molar-refractivity contribution in [3.63, 3.8) is 0 Å². The van der Waals surface area contributed by atoms with Gasteiger partial charge in [-0.2, -0.15) is 4.98 Å². The van der Waals surface area contributed by atoms with E-state index in [1.165, 1.54) is 19.2 Å². The summed E-state index contributed by atoms with van der Waals surface area (Å²) in [5.41, 5.74) is 0.458. The zero-order valence-corrected chi connectivity index (χ0v) is 12.3. The second kappa shape index (κ2) is 6.67. The minimum absolute atomic E-state index is 0.0799. The maximum Gasteiger partial charge on any atom is 0.573 e. The van der Waals surface area contributed by atoms with Gasteiger partial charge in [-0.15, -0.1) is 13.2 Å². The molecule has 0 fully saturated rings. The number of hydrogen-bond donors (Lipinski definition) is 0. The lowest BCUT2D eigenvalue weighted by Crippen LogP contribution is -2.16. The van der Waals surface area contributed by atoms with Crippen molar-refractivity contribution in [2.75, 3.05) is 7.11 Å². The number of benzene rings is 1. The molecule has 0 aliphatic heterocycles. The molecule has 0 aliphatic carbocycles. The Labute approximate surface area is 129 Å². The Balaban J connectivity index is 2.09. The number of ether oxygens (including phenoxy) is 2. The van der Waals surface area contributed by atoms with E-state index in [-0.39, 0.29) is 29.8 Å². The van der Waals surface area contributed by atoms with E-state index in [1.54, 1.807) is 6.92 Å². The van der Waals surface area contributed by atoms with Gasteiger partial charge in [-0.05, 0) is 24.3 Å². The van der Waals surface area contributed by atoms with Crippen LogP contribution in [0.15, 0.2) is 28.8 Å². The molecule has 23 heavy (non-hydrogen) atoms. The van der Waals surface area contributed by atoms with Gasteiger partial charge in [0.2, 0.25) is 11.7 Å². The first-order valence-electron chi connectivity index (χ1n) is 6.55.